The summed E-state index contributed by atoms with van der Waals surface area (Å²) in [7, 11) is 3.01. The number of ether oxygens (including phenoxy) is 2. The fourth-order valence-corrected chi connectivity index (χ4v) is 3.64. The molecule has 2 N–H and O–H groups in total. The molecule has 3 rings (SSSR count). The Kier molecular flexibility index (Phi) is 6.67. The maximum atomic E-state index is 12.5. The Morgan fingerprint density at radius 3 is 2.37 bits per heavy atom. The van der Waals surface area contributed by atoms with Gasteiger partial charge in [-0.3, -0.25) is 4.79 Å². The molecule has 0 saturated carbocycles. The van der Waals surface area contributed by atoms with E-state index in [0.717, 1.165) is 29.8 Å². The highest BCUT2D eigenvalue weighted by Gasteiger charge is 2.28. The molecule has 1 aliphatic heterocycles. The molecule has 1 atom stereocenters. The zero-order valence-electron chi connectivity index (χ0n) is 17.5. The Morgan fingerprint density at radius 2 is 1.70 bits per heavy atom. The molecule has 2 aromatic carbocycles. The van der Waals surface area contributed by atoms with Gasteiger partial charge < -0.3 is 24.6 Å². The first kappa shape index (κ1) is 21.3. The minimum Gasteiger partial charge on any atom is -0.504 e. The quantitative estimate of drug-likeness (QED) is 0.704. The number of phenolic OH excluding ortho intramolecular Hbond substituents is 2. The topological polar surface area (TPSA) is 79.2 Å². The van der Waals surface area contributed by atoms with Crippen molar-refractivity contribution in [2.75, 3.05) is 20.8 Å². The highest BCUT2D eigenvalue weighted by molar-refractivity contribution is 5.92. The van der Waals surface area contributed by atoms with Crippen molar-refractivity contribution in [2.24, 2.45) is 0 Å². The number of carbonyl (C=O) groups excluding carboxylic acids is 1. The second-order valence-electron chi connectivity index (χ2n) is 7.14. The number of allylic oxidation sites excluding steroid dienone is 2. The summed E-state index contributed by atoms with van der Waals surface area (Å²) in [5, 5.41) is 19.7. The van der Waals surface area contributed by atoms with Crippen LogP contribution in [-0.4, -0.2) is 41.7 Å². The van der Waals surface area contributed by atoms with Crippen molar-refractivity contribution in [3.63, 3.8) is 0 Å². The van der Waals surface area contributed by atoms with Crippen molar-refractivity contribution in [1.82, 2.24) is 4.90 Å². The van der Waals surface area contributed by atoms with Crippen LogP contribution in [0.5, 0.6) is 23.0 Å². The van der Waals surface area contributed by atoms with Gasteiger partial charge in [0, 0.05) is 24.7 Å². The van der Waals surface area contributed by atoms with E-state index in [1.54, 1.807) is 36.4 Å². The highest BCUT2D eigenvalue weighted by atomic mass is 16.5. The van der Waals surface area contributed by atoms with Crippen LogP contribution < -0.4 is 9.47 Å². The van der Waals surface area contributed by atoms with E-state index in [0.29, 0.717) is 17.9 Å². The first-order chi connectivity index (χ1) is 14.5. The van der Waals surface area contributed by atoms with Crippen molar-refractivity contribution in [3.05, 3.63) is 65.4 Å². The van der Waals surface area contributed by atoms with E-state index in [1.807, 2.05) is 18.2 Å². The van der Waals surface area contributed by atoms with E-state index < -0.39 is 0 Å². The molecule has 2 aromatic rings. The Hall–Kier alpha value is -3.41. The Balaban J connectivity index is 1.94. The zero-order chi connectivity index (χ0) is 21.7. The Bertz CT molecular complexity index is 980. The second-order valence-corrected chi connectivity index (χ2v) is 7.14. The van der Waals surface area contributed by atoms with E-state index in [9.17, 15) is 15.0 Å². The normalized spacial score (nSPS) is 16.6. The van der Waals surface area contributed by atoms with Gasteiger partial charge in [-0.25, -0.2) is 0 Å². The van der Waals surface area contributed by atoms with Crippen LogP contribution in [0.15, 0.2) is 54.2 Å². The average Bonchev–Trinajstić information content (AvgIpc) is 2.75. The molecule has 1 heterocycles. The van der Waals surface area contributed by atoms with E-state index in [4.69, 9.17) is 9.47 Å². The third-order valence-corrected chi connectivity index (χ3v) is 5.11. The van der Waals surface area contributed by atoms with Crippen molar-refractivity contribution in [2.45, 2.75) is 25.8 Å². The van der Waals surface area contributed by atoms with Gasteiger partial charge in [0.15, 0.2) is 28.8 Å². The lowest BCUT2D eigenvalue weighted by molar-refractivity contribution is -0.116. The van der Waals surface area contributed by atoms with Crippen molar-refractivity contribution in [3.8, 4) is 23.0 Å². The van der Waals surface area contributed by atoms with Gasteiger partial charge in [0.1, 0.15) is 0 Å². The molecule has 158 valence electrons. The molecule has 6 nitrogen and oxygen atoms in total. The molecule has 1 aliphatic rings. The minimum atomic E-state index is -0.147. The van der Waals surface area contributed by atoms with Gasteiger partial charge >= 0.3 is 0 Å². The number of nitrogens with zero attached hydrogens (tertiary/aromatic N) is 1. The zero-order valence-corrected chi connectivity index (χ0v) is 17.5. The Labute approximate surface area is 176 Å². The summed E-state index contributed by atoms with van der Waals surface area (Å²) in [4.78, 5) is 14.7. The summed E-state index contributed by atoms with van der Waals surface area (Å²) >= 11 is 0. The van der Waals surface area contributed by atoms with Crippen LogP contribution >= 0.6 is 0 Å². The van der Waals surface area contributed by atoms with Crippen molar-refractivity contribution < 1.29 is 24.5 Å². The van der Waals surface area contributed by atoms with Crippen LogP contribution in [0.4, 0.5) is 0 Å². The number of carbonyl (C=O) groups is 1. The number of aromatic hydroxyl groups is 2. The van der Waals surface area contributed by atoms with E-state index in [2.05, 4.69) is 11.8 Å². The third-order valence-electron chi connectivity index (χ3n) is 5.11. The molecule has 6 heteroatoms. The summed E-state index contributed by atoms with van der Waals surface area (Å²) in [6, 6.07) is 10.2. The Morgan fingerprint density at radius 1 is 1.03 bits per heavy atom. The monoisotopic (exact) mass is 409 g/mol. The number of phenols is 2. The molecule has 0 fully saturated rings. The smallest absolute Gasteiger partial charge is 0.161 e. The molecule has 0 amide bonds. The van der Waals surface area contributed by atoms with Crippen LogP contribution in [0.2, 0.25) is 0 Å². The van der Waals surface area contributed by atoms with Gasteiger partial charge in [-0.05, 0) is 47.9 Å². The maximum absolute atomic E-state index is 12.5. The lowest BCUT2D eigenvalue weighted by Crippen LogP contribution is -2.33. The van der Waals surface area contributed by atoms with Crippen molar-refractivity contribution in [1.29, 1.82) is 0 Å². The highest BCUT2D eigenvalue weighted by Crippen LogP contribution is 2.37. The molecular formula is C24H27NO5. The molecule has 0 bridgehead atoms. The number of benzene rings is 2. The molecule has 1 unspecified atom stereocenters. The summed E-state index contributed by atoms with van der Waals surface area (Å²) in [5.74, 6) is 0.977. The summed E-state index contributed by atoms with van der Waals surface area (Å²) < 4.78 is 10.4. The molecule has 0 aliphatic carbocycles. The molecule has 30 heavy (non-hydrogen) atoms. The molecular weight excluding hydrogens is 382 g/mol. The predicted octanol–water partition coefficient (Wildman–Crippen LogP) is 4.44. The molecule has 0 radical (unpaired) electrons. The van der Waals surface area contributed by atoms with Gasteiger partial charge in [0.05, 0.1) is 20.3 Å². The number of ketones is 1. The van der Waals surface area contributed by atoms with Crippen LogP contribution in [0, 0.1) is 0 Å². The minimum absolute atomic E-state index is 0.0438. The predicted molar refractivity (Wildman–Crippen MR) is 116 cm³/mol. The van der Waals surface area contributed by atoms with E-state index in [-0.39, 0.29) is 23.3 Å². The summed E-state index contributed by atoms with van der Waals surface area (Å²) in [6.07, 6.45) is 6.74. The van der Waals surface area contributed by atoms with E-state index >= 15 is 0 Å². The van der Waals surface area contributed by atoms with Crippen molar-refractivity contribution >= 4 is 11.9 Å². The lowest BCUT2D eigenvalue weighted by Gasteiger charge is -2.37. The number of methoxy groups -OCH3 is 2. The maximum Gasteiger partial charge on any atom is 0.161 e. The number of hydrogen-bond acceptors (Lipinski definition) is 6. The molecule has 0 saturated heterocycles. The lowest BCUT2D eigenvalue weighted by atomic mass is 9.94. The van der Waals surface area contributed by atoms with Crippen LogP contribution in [0.1, 0.15) is 36.9 Å². The fourth-order valence-electron chi connectivity index (χ4n) is 3.64. The van der Waals surface area contributed by atoms with Crippen LogP contribution in [-0.2, 0) is 4.79 Å². The third kappa shape index (κ3) is 4.59. The molecule has 0 aromatic heterocycles. The summed E-state index contributed by atoms with van der Waals surface area (Å²) in [5.41, 5.74) is 2.58. The largest absolute Gasteiger partial charge is 0.504 e. The van der Waals surface area contributed by atoms with Crippen LogP contribution in [0.25, 0.3) is 6.08 Å². The van der Waals surface area contributed by atoms with Crippen LogP contribution in [0.3, 0.4) is 0 Å². The summed E-state index contributed by atoms with van der Waals surface area (Å²) in [6.45, 7) is 2.87. The fraction of sp³-hybridized carbons (Fsp3) is 0.292. The standard InChI is InChI=1S/C24H27NO5/c1-4-11-25-18(8-5-16-6-9-21(27)23(12-16)29-2)14-19(26)15-20(25)17-7-10-22(28)24(13-17)30-3/h5-10,12-14,20,27-28H,4,11,15H2,1-3H3/b8-5+. The number of hydrogen-bond donors (Lipinski definition) is 2. The van der Waals surface area contributed by atoms with Gasteiger partial charge in [0.2, 0.25) is 0 Å². The van der Waals surface area contributed by atoms with Gasteiger partial charge in [-0.15, -0.1) is 0 Å². The van der Waals surface area contributed by atoms with Gasteiger partial charge in [0.25, 0.3) is 0 Å². The number of rotatable bonds is 7. The van der Waals surface area contributed by atoms with Gasteiger partial charge in [-0.2, -0.15) is 0 Å². The first-order valence-corrected chi connectivity index (χ1v) is 9.90. The van der Waals surface area contributed by atoms with E-state index in [1.165, 1.54) is 14.2 Å². The second kappa shape index (κ2) is 9.39. The molecule has 0 spiro atoms. The SMILES string of the molecule is CCCN1C(/C=C/c2ccc(O)c(OC)c2)=CC(=O)CC1c1ccc(O)c(OC)c1. The first-order valence-electron chi connectivity index (χ1n) is 9.90. The average molecular weight is 409 g/mol. The van der Waals surface area contributed by atoms with Gasteiger partial charge in [-0.1, -0.05) is 25.1 Å².